The molecule has 152 valence electrons. The van der Waals surface area contributed by atoms with E-state index < -0.39 is 32.8 Å². The lowest BCUT2D eigenvalue weighted by molar-refractivity contribution is -0.146. The van der Waals surface area contributed by atoms with Crippen LogP contribution in [0.5, 0.6) is 0 Å². The number of nitrogens with zero attached hydrogens (tertiary/aromatic N) is 1. The first-order valence-electron chi connectivity index (χ1n) is 8.92. The molecule has 1 fully saturated rings. The van der Waals surface area contributed by atoms with Crippen molar-refractivity contribution in [3.63, 3.8) is 0 Å². The number of hydrogen-bond donors (Lipinski definition) is 0. The van der Waals surface area contributed by atoms with Gasteiger partial charge >= 0.3 is 12.1 Å². The summed E-state index contributed by atoms with van der Waals surface area (Å²) >= 11 is 0. The number of rotatable bonds is 6. The van der Waals surface area contributed by atoms with Gasteiger partial charge in [-0.1, -0.05) is 5.92 Å². The van der Waals surface area contributed by atoms with Crippen molar-refractivity contribution in [2.24, 2.45) is 0 Å². The summed E-state index contributed by atoms with van der Waals surface area (Å²) in [5.41, 5.74) is 2.33. The first kappa shape index (κ1) is 21.8. The predicted molar refractivity (Wildman–Crippen MR) is 106 cm³/mol. The van der Waals surface area contributed by atoms with Crippen LogP contribution in [0.25, 0.3) is 0 Å². The lowest BCUT2D eigenvalue weighted by Crippen LogP contribution is -2.47. The summed E-state index contributed by atoms with van der Waals surface area (Å²) in [4.78, 5) is 26.1. The molecule has 0 bridgehead atoms. The molecule has 0 radical (unpaired) electrons. The lowest BCUT2D eigenvalue weighted by Gasteiger charge is -2.27. The lowest BCUT2D eigenvalue weighted by atomic mass is 10.0. The van der Waals surface area contributed by atoms with E-state index in [1.165, 1.54) is 11.8 Å². The summed E-state index contributed by atoms with van der Waals surface area (Å²) in [6.45, 7) is 6.72. The van der Waals surface area contributed by atoms with E-state index in [0.29, 0.717) is 5.69 Å². The molecule has 0 aromatic heterocycles. The predicted octanol–water partition coefficient (Wildman–Crippen LogP) is 2.45. The van der Waals surface area contributed by atoms with E-state index in [2.05, 4.69) is 11.8 Å². The van der Waals surface area contributed by atoms with E-state index in [4.69, 9.17) is 9.47 Å². The Kier molecular flexibility index (Phi) is 6.40. The Balaban J connectivity index is 2.26. The van der Waals surface area contributed by atoms with Gasteiger partial charge in [0.1, 0.15) is 6.10 Å². The summed E-state index contributed by atoms with van der Waals surface area (Å²) in [7, 11) is -3.79. The van der Waals surface area contributed by atoms with Crippen molar-refractivity contribution in [3.8, 4) is 11.8 Å². The monoisotopic (exact) mass is 407 g/mol. The minimum absolute atomic E-state index is 0.0622. The van der Waals surface area contributed by atoms with Crippen molar-refractivity contribution >= 4 is 27.6 Å². The Labute approximate surface area is 165 Å². The van der Waals surface area contributed by atoms with Gasteiger partial charge in [0.15, 0.2) is 14.6 Å². The van der Waals surface area contributed by atoms with Gasteiger partial charge < -0.3 is 9.47 Å². The van der Waals surface area contributed by atoms with Crippen LogP contribution in [0, 0.1) is 18.8 Å². The molecular formula is C20H25NO6S. The molecule has 1 aliphatic rings. The molecule has 1 aliphatic heterocycles. The van der Waals surface area contributed by atoms with Gasteiger partial charge in [0.2, 0.25) is 0 Å². The minimum Gasteiger partial charge on any atom is -0.465 e. The number of carbonyl (C=O) groups excluding carboxylic acids is 2. The van der Waals surface area contributed by atoms with Crippen molar-refractivity contribution < 1.29 is 27.5 Å². The Morgan fingerprint density at radius 3 is 2.64 bits per heavy atom. The highest BCUT2D eigenvalue weighted by atomic mass is 32.2. The van der Waals surface area contributed by atoms with Gasteiger partial charge in [-0.3, -0.25) is 9.69 Å². The average molecular weight is 407 g/mol. The highest BCUT2D eigenvalue weighted by molar-refractivity contribution is 7.92. The van der Waals surface area contributed by atoms with Crippen LogP contribution in [0.1, 0.15) is 38.3 Å². The summed E-state index contributed by atoms with van der Waals surface area (Å²) in [5.74, 6) is 4.93. The van der Waals surface area contributed by atoms with Gasteiger partial charge in [0.25, 0.3) is 0 Å². The van der Waals surface area contributed by atoms with Crippen LogP contribution in [-0.4, -0.2) is 50.7 Å². The highest BCUT2D eigenvalue weighted by Crippen LogP contribution is 2.32. The molecule has 0 saturated carbocycles. The minimum atomic E-state index is -3.79. The van der Waals surface area contributed by atoms with Crippen LogP contribution < -0.4 is 4.90 Å². The number of hydrogen-bond acceptors (Lipinski definition) is 6. The zero-order valence-electron chi connectivity index (χ0n) is 16.7. The van der Waals surface area contributed by atoms with E-state index in [1.54, 1.807) is 26.0 Å². The largest absolute Gasteiger partial charge is 0.465 e. The molecule has 1 aromatic carbocycles. The topological polar surface area (TPSA) is 90.0 Å². The first-order chi connectivity index (χ1) is 13.0. The van der Waals surface area contributed by atoms with Crippen molar-refractivity contribution in [1.29, 1.82) is 0 Å². The third kappa shape index (κ3) is 4.30. The van der Waals surface area contributed by atoms with Crippen molar-refractivity contribution in [1.82, 2.24) is 0 Å². The molecule has 2 atom stereocenters. The molecule has 1 heterocycles. The van der Waals surface area contributed by atoms with E-state index in [-0.39, 0.29) is 19.6 Å². The number of anilines is 1. The van der Waals surface area contributed by atoms with Crippen molar-refractivity contribution in [3.05, 3.63) is 29.3 Å². The third-order valence-corrected chi connectivity index (χ3v) is 6.74. The number of carbonyl (C=O) groups is 2. The Morgan fingerprint density at radius 1 is 1.43 bits per heavy atom. The second-order valence-electron chi connectivity index (χ2n) is 6.92. The number of benzene rings is 1. The zero-order valence-corrected chi connectivity index (χ0v) is 17.6. The molecular weight excluding hydrogens is 382 g/mol. The molecule has 1 amide bonds. The van der Waals surface area contributed by atoms with Gasteiger partial charge in [-0.05, 0) is 51.5 Å². The van der Waals surface area contributed by atoms with Crippen LogP contribution >= 0.6 is 0 Å². The quantitative estimate of drug-likeness (QED) is 0.531. The maximum absolute atomic E-state index is 12.4. The SMILES string of the molecule is CC#Cc1ccc(N2CC(CC(C)(C(=O)OCC)S(C)(=O)=O)OC2=O)c(C)c1. The number of amides is 1. The van der Waals surface area contributed by atoms with Gasteiger partial charge in [-0.2, -0.15) is 0 Å². The van der Waals surface area contributed by atoms with Crippen molar-refractivity contribution in [2.75, 3.05) is 24.3 Å². The van der Waals surface area contributed by atoms with Gasteiger partial charge in [-0.15, -0.1) is 5.92 Å². The maximum atomic E-state index is 12.4. The second-order valence-corrected chi connectivity index (χ2v) is 9.37. The van der Waals surface area contributed by atoms with Crippen molar-refractivity contribution in [2.45, 2.75) is 45.0 Å². The summed E-state index contributed by atoms with van der Waals surface area (Å²) < 4.78 is 33.1. The number of esters is 1. The van der Waals surface area contributed by atoms with E-state index >= 15 is 0 Å². The molecule has 8 heteroatoms. The second kappa shape index (κ2) is 8.23. The van der Waals surface area contributed by atoms with Crippen LogP contribution in [0.15, 0.2) is 18.2 Å². The van der Waals surface area contributed by atoms with E-state index in [1.807, 2.05) is 13.0 Å². The molecule has 1 saturated heterocycles. The molecule has 7 nitrogen and oxygen atoms in total. The van der Waals surface area contributed by atoms with E-state index in [0.717, 1.165) is 17.4 Å². The summed E-state index contributed by atoms with van der Waals surface area (Å²) in [6, 6.07) is 5.45. The van der Waals surface area contributed by atoms with Gasteiger partial charge in [0, 0.05) is 18.2 Å². The number of sulfone groups is 1. The van der Waals surface area contributed by atoms with Gasteiger partial charge in [-0.25, -0.2) is 13.2 Å². The fraction of sp³-hybridized carbons (Fsp3) is 0.500. The van der Waals surface area contributed by atoms with E-state index in [9.17, 15) is 18.0 Å². The molecule has 0 N–H and O–H groups in total. The Hall–Kier alpha value is -2.53. The Morgan fingerprint density at radius 2 is 2.11 bits per heavy atom. The molecule has 28 heavy (non-hydrogen) atoms. The molecule has 0 aliphatic carbocycles. The van der Waals surface area contributed by atoms with Crippen LogP contribution in [0.3, 0.4) is 0 Å². The average Bonchev–Trinajstić information content (AvgIpc) is 2.94. The molecule has 0 spiro atoms. The Bertz CT molecular complexity index is 943. The third-order valence-electron chi connectivity index (χ3n) is 4.77. The fourth-order valence-corrected chi connectivity index (χ4v) is 3.96. The first-order valence-corrected chi connectivity index (χ1v) is 10.8. The smallest absolute Gasteiger partial charge is 0.414 e. The molecule has 2 unspecified atom stereocenters. The normalized spacial score (nSPS) is 18.7. The highest BCUT2D eigenvalue weighted by Gasteiger charge is 2.49. The van der Waals surface area contributed by atoms with Crippen LogP contribution in [0.2, 0.25) is 0 Å². The molecule has 2 rings (SSSR count). The maximum Gasteiger partial charge on any atom is 0.414 e. The van der Waals surface area contributed by atoms with Crippen LogP contribution in [0.4, 0.5) is 10.5 Å². The number of cyclic esters (lactones) is 1. The summed E-state index contributed by atoms with van der Waals surface area (Å²) in [6.07, 6.45) is -0.533. The zero-order chi connectivity index (χ0) is 21.1. The van der Waals surface area contributed by atoms with Gasteiger partial charge in [0.05, 0.1) is 18.8 Å². The molecule has 1 aromatic rings. The summed E-state index contributed by atoms with van der Waals surface area (Å²) in [5, 5.41) is 0. The number of ether oxygens (including phenoxy) is 2. The number of aryl methyl sites for hydroxylation is 1. The fourth-order valence-electron chi connectivity index (χ4n) is 3.11. The standard InChI is InChI=1S/C20H25NO6S/c1-6-8-15-9-10-17(14(3)11-15)21-13-16(27-19(21)23)12-20(4,28(5,24)25)18(22)26-7-2/h9-11,16H,7,12-13H2,1-5H3. The van der Waals surface area contributed by atoms with Crippen LogP contribution in [-0.2, 0) is 24.1 Å².